The van der Waals surface area contributed by atoms with Crippen LogP contribution in [0.25, 0.3) is 11.0 Å². The second-order valence-electron chi connectivity index (χ2n) is 6.66. The summed E-state index contributed by atoms with van der Waals surface area (Å²) in [5.41, 5.74) is 3.46. The lowest BCUT2D eigenvalue weighted by atomic mass is 10.1. The molecule has 0 aliphatic heterocycles. The Balaban J connectivity index is 1.48. The van der Waals surface area contributed by atoms with E-state index >= 15 is 0 Å². The molecular weight excluding hydrogens is 375 g/mol. The molecule has 1 unspecified atom stereocenters. The molecule has 7 heteroatoms. The van der Waals surface area contributed by atoms with Crippen molar-refractivity contribution in [3.8, 4) is 0 Å². The first-order chi connectivity index (χ1) is 13.5. The van der Waals surface area contributed by atoms with Gasteiger partial charge in [-0.25, -0.2) is 14.4 Å². The van der Waals surface area contributed by atoms with Crippen LogP contribution in [0.4, 0.5) is 4.39 Å². The molecule has 2 heterocycles. The van der Waals surface area contributed by atoms with Crippen molar-refractivity contribution in [2.45, 2.75) is 26.3 Å². The van der Waals surface area contributed by atoms with E-state index < -0.39 is 0 Å². The lowest BCUT2D eigenvalue weighted by molar-refractivity contribution is 0.0941. The highest BCUT2D eigenvalue weighted by molar-refractivity contribution is 7.13. The summed E-state index contributed by atoms with van der Waals surface area (Å²) in [4.78, 5) is 25.6. The largest absolute Gasteiger partial charge is 0.342 e. The Morgan fingerprint density at radius 3 is 2.68 bits per heavy atom. The van der Waals surface area contributed by atoms with Crippen LogP contribution in [-0.4, -0.2) is 20.9 Å². The minimum Gasteiger partial charge on any atom is -0.342 e. The quantitative estimate of drug-likeness (QED) is 0.522. The zero-order valence-corrected chi connectivity index (χ0v) is 16.3. The zero-order chi connectivity index (χ0) is 19.7. The van der Waals surface area contributed by atoms with Crippen molar-refractivity contribution in [1.29, 1.82) is 0 Å². The van der Waals surface area contributed by atoms with Crippen molar-refractivity contribution in [2.75, 3.05) is 0 Å². The molecule has 142 valence electrons. The third kappa shape index (κ3) is 3.80. The van der Waals surface area contributed by atoms with Gasteiger partial charge in [-0.1, -0.05) is 24.3 Å². The fourth-order valence-corrected chi connectivity index (χ4v) is 4.03. The number of nitrogens with one attached hydrogen (secondary N) is 2. The van der Waals surface area contributed by atoms with Gasteiger partial charge in [0.15, 0.2) is 0 Å². The van der Waals surface area contributed by atoms with Crippen LogP contribution in [0, 0.1) is 12.7 Å². The number of rotatable bonds is 5. The number of benzene rings is 2. The van der Waals surface area contributed by atoms with Crippen LogP contribution in [0.1, 0.15) is 44.7 Å². The maximum Gasteiger partial charge on any atom is 0.263 e. The predicted molar refractivity (Wildman–Crippen MR) is 108 cm³/mol. The number of carbonyl (C=O) groups is 1. The van der Waals surface area contributed by atoms with Gasteiger partial charge >= 0.3 is 0 Å². The molecule has 2 aromatic carbocycles. The summed E-state index contributed by atoms with van der Waals surface area (Å²) in [5.74, 6) is 0.273. The van der Waals surface area contributed by atoms with Gasteiger partial charge in [0, 0.05) is 6.42 Å². The Hall–Kier alpha value is -3.06. The third-order valence-electron chi connectivity index (χ3n) is 4.48. The molecule has 0 saturated heterocycles. The number of thiazole rings is 1. The van der Waals surface area contributed by atoms with Crippen LogP contribution < -0.4 is 5.32 Å². The van der Waals surface area contributed by atoms with E-state index in [1.54, 1.807) is 12.1 Å². The SMILES string of the molecule is Cc1nc(Cc2ccc(F)cc2)sc1C(=O)NC(C)c1nc2ccccc2[nH]1. The highest BCUT2D eigenvalue weighted by atomic mass is 32.1. The van der Waals surface area contributed by atoms with Crippen molar-refractivity contribution in [2.24, 2.45) is 0 Å². The molecule has 0 spiro atoms. The summed E-state index contributed by atoms with van der Waals surface area (Å²) in [5, 5.41) is 3.81. The molecule has 0 bridgehead atoms. The second kappa shape index (κ2) is 7.52. The monoisotopic (exact) mass is 394 g/mol. The van der Waals surface area contributed by atoms with E-state index in [9.17, 15) is 9.18 Å². The first kappa shape index (κ1) is 18.3. The highest BCUT2D eigenvalue weighted by Crippen LogP contribution is 2.22. The normalized spacial score (nSPS) is 12.2. The maximum atomic E-state index is 13.1. The number of nitrogens with zero attached hydrogens (tertiary/aromatic N) is 2. The topological polar surface area (TPSA) is 70.7 Å². The second-order valence-corrected chi connectivity index (χ2v) is 7.74. The van der Waals surface area contributed by atoms with E-state index in [1.165, 1.54) is 23.5 Å². The van der Waals surface area contributed by atoms with Gasteiger partial charge in [0.2, 0.25) is 0 Å². The summed E-state index contributed by atoms with van der Waals surface area (Å²) < 4.78 is 13.1. The highest BCUT2D eigenvalue weighted by Gasteiger charge is 2.19. The van der Waals surface area contributed by atoms with Crippen LogP contribution in [0.15, 0.2) is 48.5 Å². The Morgan fingerprint density at radius 2 is 1.93 bits per heavy atom. The Kier molecular flexibility index (Phi) is 4.92. The minimum absolute atomic E-state index is 0.173. The summed E-state index contributed by atoms with van der Waals surface area (Å²) >= 11 is 1.36. The number of fused-ring (bicyclic) bond motifs is 1. The number of H-pyrrole nitrogens is 1. The summed E-state index contributed by atoms with van der Waals surface area (Å²) in [6.07, 6.45) is 0.568. The summed E-state index contributed by atoms with van der Waals surface area (Å²) in [6.45, 7) is 3.72. The van der Waals surface area contributed by atoms with Crippen LogP contribution in [0.2, 0.25) is 0 Å². The van der Waals surface area contributed by atoms with E-state index in [0.29, 0.717) is 22.8 Å². The molecule has 28 heavy (non-hydrogen) atoms. The van der Waals surface area contributed by atoms with Gasteiger partial charge < -0.3 is 10.3 Å². The lowest BCUT2D eigenvalue weighted by Gasteiger charge is -2.10. The smallest absolute Gasteiger partial charge is 0.263 e. The molecule has 2 aromatic heterocycles. The third-order valence-corrected chi connectivity index (χ3v) is 5.64. The van der Waals surface area contributed by atoms with Gasteiger partial charge in [-0.2, -0.15) is 0 Å². The average Bonchev–Trinajstić information content (AvgIpc) is 3.27. The van der Waals surface area contributed by atoms with E-state index in [2.05, 4.69) is 20.3 Å². The number of aryl methyl sites for hydroxylation is 1. The van der Waals surface area contributed by atoms with Gasteiger partial charge in [0.25, 0.3) is 5.91 Å². The molecule has 5 nitrogen and oxygen atoms in total. The van der Waals surface area contributed by atoms with Crippen LogP contribution >= 0.6 is 11.3 Å². The van der Waals surface area contributed by atoms with Crippen LogP contribution in [0.3, 0.4) is 0 Å². The van der Waals surface area contributed by atoms with Gasteiger partial charge in [-0.3, -0.25) is 4.79 Å². The summed E-state index contributed by atoms with van der Waals surface area (Å²) in [7, 11) is 0. The fraction of sp³-hybridized carbons (Fsp3) is 0.190. The molecule has 0 fully saturated rings. The Bertz CT molecular complexity index is 1100. The van der Waals surface area contributed by atoms with Crippen molar-refractivity contribution in [1.82, 2.24) is 20.3 Å². The summed E-state index contributed by atoms with van der Waals surface area (Å²) in [6, 6.07) is 13.8. The molecule has 0 saturated carbocycles. The number of amides is 1. The fourth-order valence-electron chi connectivity index (χ4n) is 3.02. The minimum atomic E-state index is -0.265. The predicted octanol–water partition coefficient (Wildman–Crippen LogP) is 4.55. The molecule has 0 radical (unpaired) electrons. The number of imidazole rings is 1. The van der Waals surface area contributed by atoms with Crippen molar-refractivity contribution < 1.29 is 9.18 Å². The van der Waals surface area contributed by atoms with Crippen molar-refractivity contribution in [3.63, 3.8) is 0 Å². The number of hydrogen-bond donors (Lipinski definition) is 2. The van der Waals surface area contributed by atoms with E-state index in [1.807, 2.05) is 38.1 Å². The lowest BCUT2D eigenvalue weighted by Crippen LogP contribution is -2.27. The van der Waals surface area contributed by atoms with Crippen molar-refractivity contribution >= 4 is 28.3 Å². The number of para-hydroxylation sites is 2. The van der Waals surface area contributed by atoms with Gasteiger partial charge in [0.1, 0.15) is 16.5 Å². The van der Waals surface area contributed by atoms with E-state index in [-0.39, 0.29) is 17.8 Å². The standard InChI is InChI=1S/C21H19FN4OS/c1-12-19(28-18(23-12)11-14-7-9-15(22)10-8-14)21(27)24-13(2)20-25-16-5-3-4-6-17(16)26-20/h3-10,13H,11H2,1-2H3,(H,24,27)(H,25,26). The molecule has 4 aromatic rings. The van der Waals surface area contributed by atoms with E-state index in [0.717, 1.165) is 21.6 Å². The first-order valence-electron chi connectivity index (χ1n) is 8.96. The molecular formula is C21H19FN4OS. The van der Waals surface area contributed by atoms with E-state index in [4.69, 9.17) is 0 Å². The zero-order valence-electron chi connectivity index (χ0n) is 15.5. The van der Waals surface area contributed by atoms with Gasteiger partial charge in [-0.05, 0) is 43.7 Å². The molecule has 2 N–H and O–H groups in total. The van der Waals surface area contributed by atoms with Crippen molar-refractivity contribution in [3.05, 3.63) is 81.3 Å². The van der Waals surface area contributed by atoms with Crippen LogP contribution in [0.5, 0.6) is 0 Å². The van der Waals surface area contributed by atoms with Crippen LogP contribution in [-0.2, 0) is 6.42 Å². The number of aromatic amines is 1. The molecule has 4 rings (SSSR count). The Labute approximate surface area is 165 Å². The van der Waals surface area contributed by atoms with Gasteiger partial charge in [0.05, 0.1) is 27.8 Å². The maximum absolute atomic E-state index is 13.1. The number of halogens is 1. The Morgan fingerprint density at radius 1 is 1.18 bits per heavy atom. The average molecular weight is 394 g/mol. The molecule has 0 aliphatic carbocycles. The first-order valence-corrected chi connectivity index (χ1v) is 9.77. The molecule has 0 aliphatic rings. The molecule has 1 atom stereocenters. The molecule has 1 amide bonds. The van der Waals surface area contributed by atoms with Gasteiger partial charge in [-0.15, -0.1) is 11.3 Å². The number of hydrogen-bond acceptors (Lipinski definition) is 4. The number of carbonyl (C=O) groups excluding carboxylic acids is 1. The number of aromatic nitrogens is 3.